The number of amides is 4. The molecule has 6 nitrogen and oxygen atoms in total. The monoisotopic (exact) mass is 267 g/mol. The van der Waals surface area contributed by atoms with Crippen LogP contribution in [0, 0.1) is 0 Å². The van der Waals surface area contributed by atoms with Crippen molar-refractivity contribution in [3.05, 3.63) is 0 Å². The quantitative estimate of drug-likeness (QED) is 0.570. The van der Waals surface area contributed by atoms with Crippen LogP contribution in [-0.2, 0) is 9.59 Å². The van der Waals surface area contributed by atoms with Gasteiger partial charge in [-0.1, -0.05) is 26.2 Å². The van der Waals surface area contributed by atoms with Crippen molar-refractivity contribution in [3.8, 4) is 0 Å². The minimum absolute atomic E-state index is 0.171. The Bertz CT molecular complexity index is 389. The summed E-state index contributed by atoms with van der Waals surface area (Å²) in [6, 6.07) is -0.433. The molecule has 0 radical (unpaired) electrons. The summed E-state index contributed by atoms with van der Waals surface area (Å²) in [5.41, 5.74) is -0.721. The Labute approximate surface area is 112 Å². The van der Waals surface area contributed by atoms with Crippen molar-refractivity contribution < 1.29 is 14.4 Å². The molecule has 0 unspecified atom stereocenters. The summed E-state index contributed by atoms with van der Waals surface area (Å²) in [5.74, 6) is -0.507. The fraction of sp³-hybridized carbons (Fsp3) is 0.769. The molecule has 0 aromatic heterocycles. The van der Waals surface area contributed by atoms with Gasteiger partial charge in [-0.3, -0.25) is 14.5 Å². The van der Waals surface area contributed by atoms with E-state index in [1.165, 1.54) is 0 Å². The number of urea groups is 1. The summed E-state index contributed by atoms with van der Waals surface area (Å²) in [6.07, 6.45) is 5.16. The van der Waals surface area contributed by atoms with Gasteiger partial charge in [0.15, 0.2) is 0 Å². The molecule has 0 aromatic rings. The van der Waals surface area contributed by atoms with Crippen molar-refractivity contribution in [3.63, 3.8) is 0 Å². The first-order chi connectivity index (χ1) is 9.09. The van der Waals surface area contributed by atoms with Crippen LogP contribution < -0.4 is 10.6 Å². The topological polar surface area (TPSA) is 78.5 Å². The molecule has 0 aromatic carbocycles. The number of carbonyl (C=O) groups is 3. The van der Waals surface area contributed by atoms with E-state index in [-0.39, 0.29) is 18.4 Å². The highest BCUT2D eigenvalue weighted by Crippen LogP contribution is 2.34. The molecule has 1 saturated heterocycles. The third-order valence-corrected chi connectivity index (χ3v) is 3.86. The lowest BCUT2D eigenvalue weighted by molar-refractivity contribution is -0.134. The van der Waals surface area contributed by atoms with Crippen LogP contribution >= 0.6 is 0 Å². The lowest BCUT2D eigenvalue weighted by atomic mass is 9.98. The number of imide groups is 1. The predicted octanol–water partition coefficient (Wildman–Crippen LogP) is 0.767. The lowest BCUT2D eigenvalue weighted by Crippen LogP contribution is -2.45. The van der Waals surface area contributed by atoms with Gasteiger partial charge in [-0.15, -0.1) is 0 Å². The summed E-state index contributed by atoms with van der Waals surface area (Å²) in [6.45, 7) is 2.45. The largest absolute Gasteiger partial charge is 0.355 e. The molecule has 2 N–H and O–H groups in total. The lowest BCUT2D eigenvalue weighted by Gasteiger charge is -2.19. The van der Waals surface area contributed by atoms with Crippen molar-refractivity contribution in [1.29, 1.82) is 0 Å². The van der Waals surface area contributed by atoms with Gasteiger partial charge in [0.05, 0.1) is 0 Å². The SMILES string of the molecule is CCCCNC(=O)CN1C(=O)NC2(CCCC2)C1=O. The zero-order valence-electron chi connectivity index (χ0n) is 11.3. The van der Waals surface area contributed by atoms with Gasteiger partial charge >= 0.3 is 6.03 Å². The second-order valence-electron chi connectivity index (χ2n) is 5.31. The highest BCUT2D eigenvalue weighted by molar-refractivity contribution is 6.09. The molecule has 1 aliphatic heterocycles. The molecule has 0 atom stereocenters. The maximum absolute atomic E-state index is 12.3. The minimum atomic E-state index is -0.721. The minimum Gasteiger partial charge on any atom is -0.355 e. The van der Waals surface area contributed by atoms with Gasteiger partial charge < -0.3 is 10.6 Å². The molecule has 2 aliphatic rings. The van der Waals surface area contributed by atoms with Crippen LogP contribution in [-0.4, -0.2) is 41.4 Å². The van der Waals surface area contributed by atoms with E-state index in [1.807, 2.05) is 6.92 Å². The number of nitrogens with zero attached hydrogens (tertiary/aromatic N) is 1. The Morgan fingerprint density at radius 3 is 2.68 bits per heavy atom. The standard InChI is InChI=1S/C13H21N3O3/c1-2-3-8-14-10(17)9-16-11(18)13(15-12(16)19)6-4-5-7-13/h2-9H2,1H3,(H,14,17)(H,15,19). The first-order valence-electron chi connectivity index (χ1n) is 7.00. The maximum atomic E-state index is 12.3. The molecule has 106 valence electrons. The molecular formula is C13H21N3O3. The molecule has 1 saturated carbocycles. The molecule has 4 amide bonds. The van der Waals surface area contributed by atoms with E-state index < -0.39 is 11.6 Å². The predicted molar refractivity (Wildman–Crippen MR) is 69.4 cm³/mol. The zero-order valence-corrected chi connectivity index (χ0v) is 11.3. The Balaban J connectivity index is 1.92. The van der Waals surface area contributed by atoms with E-state index in [9.17, 15) is 14.4 Å². The first-order valence-corrected chi connectivity index (χ1v) is 7.00. The number of nitrogens with one attached hydrogen (secondary N) is 2. The van der Waals surface area contributed by atoms with Crippen LogP contribution in [0.5, 0.6) is 0 Å². The van der Waals surface area contributed by atoms with Gasteiger partial charge in [0, 0.05) is 6.54 Å². The fourth-order valence-electron chi connectivity index (χ4n) is 2.74. The van der Waals surface area contributed by atoms with E-state index in [2.05, 4.69) is 10.6 Å². The van der Waals surface area contributed by atoms with Crippen molar-refractivity contribution in [1.82, 2.24) is 15.5 Å². The Kier molecular flexibility index (Phi) is 4.07. The molecule has 2 fully saturated rings. The second-order valence-corrected chi connectivity index (χ2v) is 5.31. The third-order valence-electron chi connectivity index (χ3n) is 3.86. The molecule has 1 heterocycles. The van der Waals surface area contributed by atoms with E-state index >= 15 is 0 Å². The van der Waals surface area contributed by atoms with Crippen LogP contribution in [0.1, 0.15) is 45.4 Å². The Morgan fingerprint density at radius 2 is 2.05 bits per heavy atom. The van der Waals surface area contributed by atoms with E-state index in [0.717, 1.165) is 30.6 Å². The van der Waals surface area contributed by atoms with Crippen LogP contribution in [0.2, 0.25) is 0 Å². The fourth-order valence-corrected chi connectivity index (χ4v) is 2.74. The third kappa shape index (κ3) is 2.72. The van der Waals surface area contributed by atoms with Crippen molar-refractivity contribution in [2.75, 3.05) is 13.1 Å². The highest BCUT2D eigenvalue weighted by atomic mass is 16.2. The molecule has 2 rings (SSSR count). The number of hydrogen-bond acceptors (Lipinski definition) is 3. The van der Waals surface area contributed by atoms with Gasteiger partial charge in [0.1, 0.15) is 12.1 Å². The Hall–Kier alpha value is -1.59. The van der Waals surface area contributed by atoms with Gasteiger partial charge in [-0.2, -0.15) is 0 Å². The van der Waals surface area contributed by atoms with Crippen molar-refractivity contribution >= 4 is 17.8 Å². The Morgan fingerprint density at radius 1 is 1.37 bits per heavy atom. The number of carbonyl (C=O) groups excluding carboxylic acids is 3. The normalized spacial score (nSPS) is 21.0. The second kappa shape index (κ2) is 5.59. The van der Waals surface area contributed by atoms with Gasteiger partial charge in [-0.25, -0.2) is 4.79 Å². The summed E-state index contributed by atoms with van der Waals surface area (Å²) < 4.78 is 0. The summed E-state index contributed by atoms with van der Waals surface area (Å²) in [5, 5.41) is 5.48. The van der Waals surface area contributed by atoms with E-state index in [4.69, 9.17) is 0 Å². The highest BCUT2D eigenvalue weighted by Gasteiger charge is 2.52. The molecule has 0 bridgehead atoms. The molecule has 19 heavy (non-hydrogen) atoms. The molecule has 6 heteroatoms. The number of rotatable bonds is 5. The summed E-state index contributed by atoms with van der Waals surface area (Å²) in [4.78, 5) is 36.8. The average molecular weight is 267 g/mol. The number of hydrogen-bond donors (Lipinski definition) is 2. The molecule has 1 aliphatic carbocycles. The maximum Gasteiger partial charge on any atom is 0.325 e. The van der Waals surface area contributed by atoms with Gasteiger partial charge in [-0.05, 0) is 19.3 Å². The van der Waals surface area contributed by atoms with Crippen molar-refractivity contribution in [2.45, 2.75) is 51.0 Å². The summed E-state index contributed by atoms with van der Waals surface area (Å²) in [7, 11) is 0. The van der Waals surface area contributed by atoms with E-state index in [1.54, 1.807) is 0 Å². The smallest absolute Gasteiger partial charge is 0.325 e. The van der Waals surface area contributed by atoms with Crippen LogP contribution in [0.25, 0.3) is 0 Å². The molecule has 1 spiro atoms. The van der Waals surface area contributed by atoms with Gasteiger partial charge in [0.2, 0.25) is 5.91 Å². The number of unbranched alkanes of at least 4 members (excludes halogenated alkanes) is 1. The van der Waals surface area contributed by atoms with Crippen LogP contribution in [0.4, 0.5) is 4.79 Å². The van der Waals surface area contributed by atoms with Crippen molar-refractivity contribution in [2.24, 2.45) is 0 Å². The van der Waals surface area contributed by atoms with Crippen LogP contribution in [0.15, 0.2) is 0 Å². The van der Waals surface area contributed by atoms with E-state index in [0.29, 0.717) is 19.4 Å². The van der Waals surface area contributed by atoms with Gasteiger partial charge in [0.25, 0.3) is 5.91 Å². The first kappa shape index (κ1) is 13.8. The van der Waals surface area contributed by atoms with Crippen LogP contribution in [0.3, 0.4) is 0 Å². The zero-order chi connectivity index (χ0) is 13.9. The molecular weight excluding hydrogens is 246 g/mol. The average Bonchev–Trinajstić information content (AvgIpc) is 2.92. The summed E-state index contributed by atoms with van der Waals surface area (Å²) >= 11 is 0.